The third-order valence-corrected chi connectivity index (χ3v) is 4.84. The van der Waals surface area contributed by atoms with E-state index in [4.69, 9.17) is 0 Å². The molecule has 0 aromatic carbocycles. The quantitative estimate of drug-likeness (QED) is 0.868. The van der Waals surface area contributed by atoms with Crippen LogP contribution in [-0.2, 0) is 6.54 Å². The molecule has 19 heavy (non-hydrogen) atoms. The first kappa shape index (κ1) is 14.9. The number of thiazole rings is 1. The van der Waals surface area contributed by atoms with Gasteiger partial charge in [0.15, 0.2) is 0 Å². The van der Waals surface area contributed by atoms with Crippen LogP contribution in [0.25, 0.3) is 0 Å². The molecule has 0 bridgehead atoms. The van der Waals surface area contributed by atoms with E-state index in [-0.39, 0.29) is 0 Å². The zero-order valence-electron chi connectivity index (χ0n) is 12.5. The molecule has 1 saturated carbocycles. The highest BCUT2D eigenvalue weighted by Gasteiger charge is 2.25. The van der Waals surface area contributed by atoms with Crippen molar-refractivity contribution >= 4 is 11.3 Å². The molecule has 2 rings (SSSR count). The van der Waals surface area contributed by atoms with E-state index in [1.807, 2.05) is 0 Å². The number of rotatable bonds is 6. The molecule has 1 aromatic heterocycles. The molecule has 0 aliphatic heterocycles. The Bertz CT molecular complexity index is 375. The molecule has 2 unspecified atom stereocenters. The summed E-state index contributed by atoms with van der Waals surface area (Å²) >= 11 is 1.75. The minimum absolute atomic E-state index is 0.721. The fourth-order valence-electron chi connectivity index (χ4n) is 3.18. The molecule has 1 aliphatic carbocycles. The largest absolute Gasteiger partial charge is 0.314 e. The van der Waals surface area contributed by atoms with Crippen molar-refractivity contribution in [1.82, 2.24) is 15.2 Å². The van der Waals surface area contributed by atoms with Gasteiger partial charge in [-0.15, -0.1) is 11.3 Å². The first-order chi connectivity index (χ1) is 9.19. The molecule has 0 radical (unpaired) electrons. The van der Waals surface area contributed by atoms with E-state index >= 15 is 0 Å². The van der Waals surface area contributed by atoms with Gasteiger partial charge in [0, 0.05) is 24.5 Å². The van der Waals surface area contributed by atoms with E-state index in [0.717, 1.165) is 25.0 Å². The molecule has 0 amide bonds. The minimum Gasteiger partial charge on any atom is -0.314 e. The molecule has 2 atom stereocenters. The van der Waals surface area contributed by atoms with Crippen LogP contribution >= 0.6 is 11.3 Å². The van der Waals surface area contributed by atoms with Crippen molar-refractivity contribution in [2.75, 3.05) is 20.1 Å². The van der Waals surface area contributed by atoms with Crippen LogP contribution in [0.3, 0.4) is 0 Å². The lowest BCUT2D eigenvalue weighted by molar-refractivity contribution is 0.185. The van der Waals surface area contributed by atoms with Gasteiger partial charge < -0.3 is 10.2 Å². The van der Waals surface area contributed by atoms with Crippen molar-refractivity contribution in [1.29, 1.82) is 0 Å². The van der Waals surface area contributed by atoms with E-state index < -0.39 is 0 Å². The van der Waals surface area contributed by atoms with Gasteiger partial charge in [0.05, 0.1) is 10.7 Å². The topological polar surface area (TPSA) is 28.2 Å². The number of nitrogens with zero attached hydrogens (tertiary/aromatic N) is 2. The molecule has 1 fully saturated rings. The Morgan fingerprint density at radius 1 is 1.42 bits per heavy atom. The Balaban J connectivity index is 1.84. The maximum absolute atomic E-state index is 4.56. The first-order valence-electron chi connectivity index (χ1n) is 7.52. The minimum atomic E-state index is 0.721. The monoisotopic (exact) mass is 281 g/mol. The van der Waals surface area contributed by atoms with Crippen LogP contribution in [0, 0.1) is 12.8 Å². The summed E-state index contributed by atoms with van der Waals surface area (Å²) in [7, 11) is 2.23. The highest BCUT2D eigenvalue weighted by atomic mass is 32.1. The van der Waals surface area contributed by atoms with Gasteiger partial charge in [-0.3, -0.25) is 0 Å². The van der Waals surface area contributed by atoms with Gasteiger partial charge in [-0.25, -0.2) is 4.98 Å². The highest BCUT2D eigenvalue weighted by molar-refractivity contribution is 7.09. The lowest BCUT2D eigenvalue weighted by Crippen LogP contribution is -2.43. The van der Waals surface area contributed by atoms with E-state index in [2.05, 4.69) is 41.5 Å². The molecule has 0 saturated heterocycles. The fourth-order valence-corrected chi connectivity index (χ4v) is 3.78. The summed E-state index contributed by atoms with van der Waals surface area (Å²) in [5, 5.41) is 7.03. The van der Waals surface area contributed by atoms with Gasteiger partial charge in [0.1, 0.15) is 0 Å². The lowest BCUT2D eigenvalue weighted by Gasteiger charge is -2.34. The van der Waals surface area contributed by atoms with Gasteiger partial charge in [-0.2, -0.15) is 0 Å². The maximum atomic E-state index is 4.56. The third-order valence-electron chi connectivity index (χ3n) is 4.02. The van der Waals surface area contributed by atoms with E-state index in [1.165, 1.54) is 42.9 Å². The second-order valence-corrected chi connectivity index (χ2v) is 6.83. The van der Waals surface area contributed by atoms with Crippen LogP contribution in [-0.4, -0.2) is 36.1 Å². The van der Waals surface area contributed by atoms with Crippen molar-refractivity contribution in [3.05, 3.63) is 16.1 Å². The summed E-state index contributed by atoms with van der Waals surface area (Å²) in [6.07, 6.45) is 5.51. The van der Waals surface area contributed by atoms with E-state index in [1.54, 1.807) is 11.3 Å². The molecule has 3 nitrogen and oxygen atoms in total. The van der Waals surface area contributed by atoms with Crippen molar-refractivity contribution in [3.8, 4) is 0 Å². The molecule has 0 spiro atoms. The molecular weight excluding hydrogens is 254 g/mol. The van der Waals surface area contributed by atoms with Crippen LogP contribution in [0.5, 0.6) is 0 Å². The standard InChI is InChI=1S/C15H27N3S/c1-4-16-15-8-6-5-7-13(15)9-18(3)10-14-11-19-12(2)17-14/h11,13,15-16H,4-10H2,1-3H3. The molecule has 1 aromatic rings. The predicted octanol–water partition coefficient (Wildman–Crippen LogP) is 3.05. The number of hydrogen-bond acceptors (Lipinski definition) is 4. The highest BCUT2D eigenvalue weighted by Crippen LogP contribution is 2.25. The number of nitrogens with one attached hydrogen (secondary N) is 1. The summed E-state index contributed by atoms with van der Waals surface area (Å²) in [6, 6.07) is 0.721. The Labute approximate surface area is 121 Å². The number of aryl methyl sites for hydroxylation is 1. The second-order valence-electron chi connectivity index (χ2n) is 5.76. The Morgan fingerprint density at radius 3 is 2.89 bits per heavy atom. The normalized spacial score (nSPS) is 24.0. The van der Waals surface area contributed by atoms with Crippen LogP contribution < -0.4 is 5.32 Å². The van der Waals surface area contributed by atoms with E-state index in [9.17, 15) is 0 Å². The molecule has 1 heterocycles. The van der Waals surface area contributed by atoms with Crippen molar-refractivity contribution in [2.24, 2.45) is 5.92 Å². The Kier molecular flexibility index (Phi) is 5.79. The second kappa shape index (κ2) is 7.36. The zero-order chi connectivity index (χ0) is 13.7. The molecule has 4 heteroatoms. The molecule has 1 N–H and O–H groups in total. The van der Waals surface area contributed by atoms with Gasteiger partial charge in [-0.1, -0.05) is 19.8 Å². The Hall–Kier alpha value is -0.450. The zero-order valence-corrected chi connectivity index (χ0v) is 13.3. The predicted molar refractivity (Wildman–Crippen MR) is 82.6 cm³/mol. The summed E-state index contributed by atoms with van der Waals surface area (Å²) in [6.45, 7) is 7.56. The fraction of sp³-hybridized carbons (Fsp3) is 0.800. The average molecular weight is 281 g/mol. The van der Waals surface area contributed by atoms with Crippen LogP contribution in [0.4, 0.5) is 0 Å². The first-order valence-corrected chi connectivity index (χ1v) is 8.40. The van der Waals surface area contributed by atoms with Crippen molar-refractivity contribution in [2.45, 2.75) is 52.1 Å². The van der Waals surface area contributed by atoms with Crippen molar-refractivity contribution < 1.29 is 0 Å². The summed E-state index contributed by atoms with van der Waals surface area (Å²) in [4.78, 5) is 7.00. The third kappa shape index (κ3) is 4.55. The van der Waals surface area contributed by atoms with E-state index in [0.29, 0.717) is 0 Å². The van der Waals surface area contributed by atoms with Crippen LogP contribution in [0.2, 0.25) is 0 Å². The summed E-state index contributed by atoms with van der Waals surface area (Å²) < 4.78 is 0. The van der Waals surface area contributed by atoms with Crippen molar-refractivity contribution in [3.63, 3.8) is 0 Å². The van der Waals surface area contributed by atoms with Gasteiger partial charge in [-0.05, 0) is 39.3 Å². The average Bonchev–Trinajstić information content (AvgIpc) is 2.77. The van der Waals surface area contributed by atoms with Crippen LogP contribution in [0.1, 0.15) is 43.3 Å². The van der Waals surface area contributed by atoms with Crippen LogP contribution in [0.15, 0.2) is 5.38 Å². The maximum Gasteiger partial charge on any atom is 0.0897 e. The summed E-state index contributed by atoms with van der Waals surface area (Å²) in [5.74, 6) is 0.804. The molecule has 1 aliphatic rings. The van der Waals surface area contributed by atoms with Gasteiger partial charge in [0.2, 0.25) is 0 Å². The number of aromatic nitrogens is 1. The molecular formula is C15H27N3S. The lowest BCUT2D eigenvalue weighted by atomic mass is 9.84. The summed E-state index contributed by atoms with van der Waals surface area (Å²) in [5.41, 5.74) is 1.22. The smallest absolute Gasteiger partial charge is 0.0897 e. The Morgan fingerprint density at radius 2 is 2.21 bits per heavy atom. The molecule has 108 valence electrons. The van der Waals surface area contributed by atoms with Gasteiger partial charge in [0.25, 0.3) is 0 Å². The van der Waals surface area contributed by atoms with Gasteiger partial charge >= 0.3 is 0 Å². The number of hydrogen-bond donors (Lipinski definition) is 1. The SMILES string of the molecule is CCNC1CCCCC1CN(C)Cc1csc(C)n1.